The summed E-state index contributed by atoms with van der Waals surface area (Å²) in [7, 11) is 0. The lowest BCUT2D eigenvalue weighted by molar-refractivity contribution is -0.115. The highest BCUT2D eigenvalue weighted by Gasteiger charge is 2.20. The van der Waals surface area contributed by atoms with Crippen LogP contribution in [0.5, 0.6) is 0 Å². The molecule has 0 aliphatic carbocycles. The molecule has 166 valence electrons. The Kier molecular flexibility index (Phi) is 5.99. The molecule has 1 aliphatic rings. The number of hydrogen-bond acceptors (Lipinski definition) is 6. The third kappa shape index (κ3) is 4.79. The van der Waals surface area contributed by atoms with Gasteiger partial charge in [-0.3, -0.25) is 10.2 Å². The Labute approximate surface area is 192 Å². The Balaban J connectivity index is 1.55. The summed E-state index contributed by atoms with van der Waals surface area (Å²) in [6, 6.07) is 14.9. The first-order valence-corrected chi connectivity index (χ1v) is 10.5. The number of carbonyl (C=O) groups excluding carboxylic acids is 1. The monoisotopic (exact) mass is 439 g/mol. The minimum atomic E-state index is -0.0911. The molecule has 0 spiro atoms. The van der Waals surface area contributed by atoms with Gasteiger partial charge < -0.3 is 21.4 Å². The molecule has 1 aliphatic heterocycles. The molecular formula is C25H25N7O. The van der Waals surface area contributed by atoms with Crippen molar-refractivity contribution in [2.24, 2.45) is 0 Å². The summed E-state index contributed by atoms with van der Waals surface area (Å²) in [6.45, 7) is 5.51. The van der Waals surface area contributed by atoms with E-state index in [1.807, 2.05) is 62.4 Å². The van der Waals surface area contributed by atoms with Gasteiger partial charge in [-0.25, -0.2) is 9.97 Å². The molecule has 0 radical (unpaired) electrons. The maximum Gasteiger partial charge on any atom is 0.228 e. The number of amidine groups is 1. The van der Waals surface area contributed by atoms with Crippen LogP contribution in [-0.4, -0.2) is 27.4 Å². The van der Waals surface area contributed by atoms with E-state index in [2.05, 4.69) is 25.9 Å². The second-order valence-electron chi connectivity index (χ2n) is 8.04. The van der Waals surface area contributed by atoms with Crippen LogP contribution >= 0.6 is 0 Å². The third-order valence-electron chi connectivity index (χ3n) is 5.23. The summed E-state index contributed by atoms with van der Waals surface area (Å²) in [6.07, 6.45) is 1.90. The number of nitrogens with zero attached hydrogens (tertiary/aromatic N) is 2. The van der Waals surface area contributed by atoms with Crippen LogP contribution in [0.3, 0.4) is 0 Å². The van der Waals surface area contributed by atoms with Gasteiger partial charge in [0.1, 0.15) is 5.84 Å². The van der Waals surface area contributed by atoms with E-state index in [0.717, 1.165) is 33.8 Å². The van der Waals surface area contributed by atoms with E-state index in [-0.39, 0.29) is 18.2 Å². The molecule has 0 unspecified atom stereocenters. The molecule has 33 heavy (non-hydrogen) atoms. The quantitative estimate of drug-likeness (QED) is 0.293. The molecule has 0 bridgehead atoms. The Morgan fingerprint density at radius 1 is 1.03 bits per heavy atom. The van der Waals surface area contributed by atoms with Crippen LogP contribution in [0.15, 0.2) is 66.0 Å². The fourth-order valence-electron chi connectivity index (χ4n) is 3.64. The third-order valence-corrected chi connectivity index (χ3v) is 5.23. The van der Waals surface area contributed by atoms with Gasteiger partial charge in [0.15, 0.2) is 0 Å². The summed E-state index contributed by atoms with van der Waals surface area (Å²) < 4.78 is 0. The first kappa shape index (κ1) is 21.9. The maximum absolute atomic E-state index is 12.2. The van der Waals surface area contributed by atoms with Gasteiger partial charge in [0, 0.05) is 28.6 Å². The highest BCUT2D eigenvalue weighted by molar-refractivity contribution is 6.05. The number of anilines is 3. The van der Waals surface area contributed by atoms with E-state index in [0.29, 0.717) is 22.9 Å². The molecular weight excluding hydrogens is 414 g/mol. The molecule has 0 saturated carbocycles. The van der Waals surface area contributed by atoms with Gasteiger partial charge in [0.2, 0.25) is 11.9 Å². The lowest BCUT2D eigenvalue weighted by Crippen LogP contribution is -2.27. The fourth-order valence-corrected chi connectivity index (χ4v) is 3.64. The van der Waals surface area contributed by atoms with Crippen LogP contribution in [-0.2, 0) is 11.2 Å². The number of allylic oxidation sites excluding steroid dienone is 2. The molecule has 8 nitrogen and oxygen atoms in total. The molecule has 3 aromatic rings. The zero-order valence-electron chi connectivity index (χ0n) is 18.7. The number of hydrogen-bond donors (Lipinski definition) is 5. The molecule has 4 rings (SSSR count). The summed E-state index contributed by atoms with van der Waals surface area (Å²) in [4.78, 5) is 21.3. The van der Waals surface area contributed by atoms with Gasteiger partial charge >= 0.3 is 0 Å². The molecule has 1 amide bonds. The van der Waals surface area contributed by atoms with Crippen molar-refractivity contribution in [1.29, 1.82) is 10.8 Å². The standard InChI is InChI=1S/C25H25N7O/c1-14(2)22(15(3)26)31-24(27)16-8-10-18(11-9-16)29-25-28-13-17-12-21(33)30-20-7-5-4-6-19(20)23(17)32-25/h4-11,13,26H,12H2,1-3H3,(H2,27,31)(H,30,33)(H,28,29,32). The number of nitrogens with one attached hydrogen (secondary N) is 5. The van der Waals surface area contributed by atoms with Crippen molar-refractivity contribution >= 4 is 34.8 Å². The summed E-state index contributed by atoms with van der Waals surface area (Å²) in [5.74, 6) is 0.552. The van der Waals surface area contributed by atoms with Crippen LogP contribution in [0.25, 0.3) is 11.3 Å². The second-order valence-corrected chi connectivity index (χ2v) is 8.04. The van der Waals surface area contributed by atoms with Crippen molar-refractivity contribution < 1.29 is 4.79 Å². The Hall–Kier alpha value is -4.33. The largest absolute Gasteiger partial charge is 0.339 e. The predicted octanol–water partition coefficient (Wildman–Crippen LogP) is 4.63. The van der Waals surface area contributed by atoms with Gasteiger partial charge in [0.25, 0.3) is 0 Å². The smallest absolute Gasteiger partial charge is 0.228 e. The zero-order valence-corrected chi connectivity index (χ0v) is 18.7. The molecule has 2 heterocycles. The fraction of sp³-hybridized carbons (Fsp3) is 0.160. The number of rotatable bonds is 5. The normalized spacial score (nSPS) is 11.9. The molecule has 5 N–H and O–H groups in total. The van der Waals surface area contributed by atoms with Crippen molar-refractivity contribution in [3.8, 4) is 11.3 Å². The van der Waals surface area contributed by atoms with Gasteiger partial charge in [-0.15, -0.1) is 0 Å². The summed E-state index contributed by atoms with van der Waals surface area (Å²) in [5.41, 5.74) is 6.53. The van der Waals surface area contributed by atoms with E-state index in [4.69, 9.17) is 10.8 Å². The molecule has 1 aromatic heterocycles. The van der Waals surface area contributed by atoms with Gasteiger partial charge in [-0.2, -0.15) is 0 Å². The van der Waals surface area contributed by atoms with Gasteiger partial charge in [0.05, 0.1) is 29.2 Å². The van der Waals surface area contributed by atoms with Crippen molar-refractivity contribution in [2.75, 3.05) is 10.6 Å². The minimum absolute atomic E-state index is 0.0911. The second kappa shape index (κ2) is 9.04. The average Bonchev–Trinajstić information content (AvgIpc) is 2.92. The van der Waals surface area contributed by atoms with Crippen LogP contribution in [0.4, 0.5) is 17.3 Å². The Morgan fingerprint density at radius 3 is 2.45 bits per heavy atom. The Bertz CT molecular complexity index is 1290. The minimum Gasteiger partial charge on any atom is -0.339 e. The zero-order chi connectivity index (χ0) is 23.5. The predicted molar refractivity (Wildman–Crippen MR) is 131 cm³/mol. The van der Waals surface area contributed by atoms with E-state index >= 15 is 0 Å². The Morgan fingerprint density at radius 2 is 1.76 bits per heavy atom. The van der Waals surface area contributed by atoms with Crippen LogP contribution in [0.1, 0.15) is 31.9 Å². The van der Waals surface area contributed by atoms with Gasteiger partial charge in [-0.05, 0) is 51.1 Å². The van der Waals surface area contributed by atoms with Crippen molar-refractivity contribution in [1.82, 2.24) is 15.3 Å². The number of aromatic nitrogens is 2. The SMILES string of the molecule is CC(=N)C(NC(=N)c1ccc(Nc2ncc3c(n2)-c2ccccc2NC(=O)C3)cc1)=C(C)C. The number of para-hydroxylation sites is 1. The van der Waals surface area contributed by atoms with E-state index in [1.54, 1.807) is 13.1 Å². The summed E-state index contributed by atoms with van der Waals surface area (Å²) in [5, 5.41) is 25.3. The highest BCUT2D eigenvalue weighted by atomic mass is 16.1. The van der Waals surface area contributed by atoms with Crippen LogP contribution in [0.2, 0.25) is 0 Å². The van der Waals surface area contributed by atoms with Crippen LogP contribution < -0.4 is 16.0 Å². The molecule has 2 aromatic carbocycles. The lowest BCUT2D eigenvalue weighted by Gasteiger charge is -2.14. The van der Waals surface area contributed by atoms with E-state index in [1.165, 1.54) is 0 Å². The van der Waals surface area contributed by atoms with Crippen molar-refractivity contribution in [3.63, 3.8) is 0 Å². The first-order chi connectivity index (χ1) is 15.8. The topological polar surface area (TPSA) is 127 Å². The van der Waals surface area contributed by atoms with E-state index in [9.17, 15) is 4.79 Å². The average molecular weight is 440 g/mol. The van der Waals surface area contributed by atoms with Crippen molar-refractivity contribution in [3.05, 3.63) is 77.1 Å². The number of carbonyl (C=O) groups is 1. The van der Waals surface area contributed by atoms with E-state index < -0.39 is 0 Å². The lowest BCUT2D eigenvalue weighted by atomic mass is 10.1. The highest BCUT2D eigenvalue weighted by Crippen LogP contribution is 2.32. The first-order valence-electron chi connectivity index (χ1n) is 10.5. The van der Waals surface area contributed by atoms with Crippen molar-refractivity contribution in [2.45, 2.75) is 27.2 Å². The maximum atomic E-state index is 12.2. The molecule has 0 saturated heterocycles. The van der Waals surface area contributed by atoms with Gasteiger partial charge in [-0.1, -0.05) is 23.8 Å². The molecule has 8 heteroatoms. The molecule has 0 fully saturated rings. The number of fused-ring (bicyclic) bond motifs is 3. The number of amides is 1. The summed E-state index contributed by atoms with van der Waals surface area (Å²) >= 11 is 0. The van der Waals surface area contributed by atoms with Crippen LogP contribution in [0, 0.1) is 10.8 Å². The molecule has 0 atom stereocenters. The number of benzene rings is 2.